The Labute approximate surface area is 94.7 Å². The molecule has 0 bridgehead atoms. The van der Waals surface area contributed by atoms with Crippen molar-refractivity contribution >= 4 is 17.2 Å². The summed E-state index contributed by atoms with van der Waals surface area (Å²) >= 11 is 1.51. The van der Waals surface area contributed by atoms with E-state index in [2.05, 4.69) is 12.2 Å². The molecule has 2 nitrogen and oxygen atoms in total. The van der Waals surface area contributed by atoms with Gasteiger partial charge in [0, 0.05) is 6.04 Å². The maximum absolute atomic E-state index is 11.8. The van der Waals surface area contributed by atoms with Gasteiger partial charge in [-0.25, -0.2) is 0 Å². The van der Waals surface area contributed by atoms with Gasteiger partial charge in [-0.05, 0) is 30.2 Å². The Morgan fingerprint density at radius 2 is 2.27 bits per heavy atom. The fourth-order valence-corrected chi connectivity index (χ4v) is 2.80. The molecule has 15 heavy (non-hydrogen) atoms. The van der Waals surface area contributed by atoms with Crippen molar-refractivity contribution in [2.45, 2.75) is 38.6 Å². The normalized spacial score (nSPS) is 26.2. The summed E-state index contributed by atoms with van der Waals surface area (Å²) in [7, 11) is 0. The van der Waals surface area contributed by atoms with Crippen LogP contribution in [0.4, 0.5) is 0 Å². The molecule has 0 aromatic carbocycles. The summed E-state index contributed by atoms with van der Waals surface area (Å²) in [6.07, 6.45) is 4.94. The lowest BCUT2D eigenvalue weighted by Gasteiger charge is -2.29. The Bertz CT molecular complexity index is 320. The first-order valence-corrected chi connectivity index (χ1v) is 6.49. The zero-order chi connectivity index (χ0) is 10.7. The first-order valence-electron chi connectivity index (χ1n) is 5.62. The van der Waals surface area contributed by atoms with Crippen molar-refractivity contribution in [3.63, 3.8) is 0 Å². The monoisotopic (exact) mass is 223 g/mol. The minimum absolute atomic E-state index is 0.101. The Morgan fingerprint density at radius 3 is 2.93 bits per heavy atom. The van der Waals surface area contributed by atoms with Crippen LogP contribution in [0.25, 0.3) is 0 Å². The van der Waals surface area contributed by atoms with Crippen LogP contribution in [-0.2, 0) is 0 Å². The molecule has 2 rings (SSSR count). The summed E-state index contributed by atoms with van der Waals surface area (Å²) in [6.45, 7) is 2.23. The number of carbonyl (C=O) groups is 1. The van der Waals surface area contributed by atoms with E-state index in [4.69, 9.17) is 0 Å². The van der Waals surface area contributed by atoms with Gasteiger partial charge in [-0.15, -0.1) is 11.3 Å². The van der Waals surface area contributed by atoms with Crippen molar-refractivity contribution in [2.24, 2.45) is 5.92 Å². The minimum atomic E-state index is 0.101. The molecule has 82 valence electrons. The number of rotatable bonds is 2. The van der Waals surface area contributed by atoms with Gasteiger partial charge in [0.2, 0.25) is 0 Å². The number of hydrogen-bond donors (Lipinski definition) is 1. The SMILES string of the molecule is C[C@@H]1CCCC[C@H]1NC(=O)c1cccs1. The number of nitrogens with one attached hydrogen (secondary N) is 1. The Kier molecular flexibility index (Phi) is 3.41. The fourth-order valence-electron chi connectivity index (χ4n) is 2.18. The molecule has 0 unspecified atom stereocenters. The van der Waals surface area contributed by atoms with Crippen molar-refractivity contribution in [3.05, 3.63) is 22.4 Å². The van der Waals surface area contributed by atoms with E-state index in [9.17, 15) is 4.79 Å². The lowest BCUT2D eigenvalue weighted by Crippen LogP contribution is -2.40. The average Bonchev–Trinajstić information content (AvgIpc) is 2.74. The lowest BCUT2D eigenvalue weighted by atomic mass is 9.86. The van der Waals surface area contributed by atoms with Crippen LogP contribution in [0.3, 0.4) is 0 Å². The van der Waals surface area contributed by atoms with Gasteiger partial charge >= 0.3 is 0 Å². The summed E-state index contributed by atoms with van der Waals surface area (Å²) in [6, 6.07) is 4.19. The number of thiophene rings is 1. The van der Waals surface area contributed by atoms with E-state index >= 15 is 0 Å². The third kappa shape index (κ3) is 2.59. The molecule has 0 aliphatic heterocycles. The first kappa shape index (κ1) is 10.7. The van der Waals surface area contributed by atoms with Gasteiger partial charge in [-0.3, -0.25) is 4.79 Å². The van der Waals surface area contributed by atoms with Crippen molar-refractivity contribution in [2.75, 3.05) is 0 Å². The van der Waals surface area contributed by atoms with Crippen molar-refractivity contribution in [1.82, 2.24) is 5.32 Å². The predicted molar refractivity (Wildman–Crippen MR) is 63.2 cm³/mol. The second kappa shape index (κ2) is 4.79. The van der Waals surface area contributed by atoms with E-state index in [1.54, 1.807) is 0 Å². The van der Waals surface area contributed by atoms with Crippen molar-refractivity contribution in [3.8, 4) is 0 Å². The van der Waals surface area contributed by atoms with Crippen LogP contribution in [0.15, 0.2) is 17.5 Å². The molecule has 1 aliphatic rings. The molecule has 2 atom stereocenters. The molecule has 0 saturated heterocycles. The summed E-state index contributed by atoms with van der Waals surface area (Å²) in [5.74, 6) is 0.728. The van der Waals surface area contributed by atoms with Gasteiger partial charge in [0.25, 0.3) is 5.91 Å². The summed E-state index contributed by atoms with van der Waals surface area (Å²) < 4.78 is 0. The zero-order valence-electron chi connectivity index (χ0n) is 9.03. The molecule has 0 radical (unpaired) electrons. The smallest absolute Gasteiger partial charge is 0.261 e. The standard InChI is InChI=1S/C12H17NOS/c1-9-5-2-3-6-10(9)13-12(14)11-7-4-8-15-11/h4,7-10H,2-3,5-6H2,1H3,(H,13,14)/t9-,10-/m1/s1. The van der Waals surface area contributed by atoms with E-state index in [0.29, 0.717) is 12.0 Å². The van der Waals surface area contributed by atoms with Crippen LogP contribution in [0.1, 0.15) is 42.3 Å². The third-order valence-corrected chi connectivity index (χ3v) is 4.04. The van der Waals surface area contributed by atoms with Gasteiger partial charge in [-0.2, -0.15) is 0 Å². The molecule has 1 aromatic heterocycles. The van der Waals surface area contributed by atoms with Gasteiger partial charge in [0.1, 0.15) is 0 Å². The topological polar surface area (TPSA) is 29.1 Å². The molecule has 1 amide bonds. The molecule has 1 aliphatic carbocycles. The Balaban J connectivity index is 1.93. The van der Waals surface area contributed by atoms with E-state index in [1.165, 1.54) is 30.6 Å². The Hall–Kier alpha value is -0.830. The maximum atomic E-state index is 11.8. The highest BCUT2D eigenvalue weighted by Crippen LogP contribution is 2.24. The lowest BCUT2D eigenvalue weighted by molar-refractivity contribution is 0.0914. The van der Waals surface area contributed by atoms with Crippen LogP contribution < -0.4 is 5.32 Å². The molecule has 1 fully saturated rings. The third-order valence-electron chi connectivity index (χ3n) is 3.17. The van der Waals surface area contributed by atoms with Crippen LogP contribution >= 0.6 is 11.3 Å². The van der Waals surface area contributed by atoms with E-state index in [1.807, 2.05) is 17.5 Å². The van der Waals surface area contributed by atoms with Crippen molar-refractivity contribution in [1.29, 1.82) is 0 Å². The van der Waals surface area contributed by atoms with Gasteiger partial charge in [0.05, 0.1) is 4.88 Å². The van der Waals surface area contributed by atoms with Crippen LogP contribution in [0.2, 0.25) is 0 Å². The molecular formula is C12H17NOS. The Morgan fingerprint density at radius 1 is 1.47 bits per heavy atom. The van der Waals surface area contributed by atoms with E-state index < -0.39 is 0 Å². The van der Waals surface area contributed by atoms with Gasteiger partial charge in [0.15, 0.2) is 0 Å². The number of hydrogen-bond acceptors (Lipinski definition) is 2. The summed E-state index contributed by atoms with van der Waals surface area (Å²) in [4.78, 5) is 12.6. The van der Waals surface area contributed by atoms with E-state index in [0.717, 1.165) is 11.3 Å². The second-order valence-electron chi connectivity index (χ2n) is 4.32. The minimum Gasteiger partial charge on any atom is -0.348 e. The highest BCUT2D eigenvalue weighted by atomic mass is 32.1. The molecule has 1 saturated carbocycles. The van der Waals surface area contributed by atoms with Crippen molar-refractivity contribution < 1.29 is 4.79 Å². The van der Waals surface area contributed by atoms with Crippen LogP contribution in [0, 0.1) is 5.92 Å². The second-order valence-corrected chi connectivity index (χ2v) is 5.27. The summed E-state index contributed by atoms with van der Waals surface area (Å²) in [5.41, 5.74) is 0. The van der Waals surface area contributed by atoms with Crippen LogP contribution in [-0.4, -0.2) is 11.9 Å². The predicted octanol–water partition coefficient (Wildman–Crippen LogP) is 3.06. The molecule has 0 spiro atoms. The highest BCUT2D eigenvalue weighted by Gasteiger charge is 2.23. The molecule has 1 aromatic rings. The largest absolute Gasteiger partial charge is 0.348 e. The number of amides is 1. The number of carbonyl (C=O) groups excluding carboxylic acids is 1. The summed E-state index contributed by atoms with van der Waals surface area (Å²) in [5, 5.41) is 5.09. The molecule has 1 heterocycles. The highest BCUT2D eigenvalue weighted by molar-refractivity contribution is 7.12. The van der Waals surface area contributed by atoms with Gasteiger partial charge in [-0.1, -0.05) is 25.8 Å². The molecule has 1 N–H and O–H groups in total. The molecule has 3 heteroatoms. The van der Waals surface area contributed by atoms with Gasteiger partial charge < -0.3 is 5.32 Å². The average molecular weight is 223 g/mol. The quantitative estimate of drug-likeness (QED) is 0.820. The maximum Gasteiger partial charge on any atom is 0.261 e. The first-order chi connectivity index (χ1) is 7.27. The van der Waals surface area contributed by atoms with Crippen LogP contribution in [0.5, 0.6) is 0 Å². The van der Waals surface area contributed by atoms with E-state index in [-0.39, 0.29) is 5.91 Å². The molecular weight excluding hydrogens is 206 g/mol. The zero-order valence-corrected chi connectivity index (χ0v) is 9.85. The fraction of sp³-hybridized carbons (Fsp3) is 0.583.